The van der Waals surface area contributed by atoms with E-state index in [1.807, 2.05) is 161 Å². The Morgan fingerprint density at radius 1 is 0.380 bits per heavy atom. The van der Waals surface area contributed by atoms with E-state index in [0.717, 1.165) is 99.8 Å². The highest BCUT2D eigenvalue weighted by atomic mass is 35.5. The van der Waals surface area contributed by atoms with Crippen LogP contribution in [0.3, 0.4) is 0 Å². The zero-order valence-corrected chi connectivity index (χ0v) is 70.5. The fourth-order valence-corrected chi connectivity index (χ4v) is 16.5. The van der Waals surface area contributed by atoms with Gasteiger partial charge < -0.3 is 29.1 Å². The molecule has 9 aromatic heterocycles. The minimum atomic E-state index is -0.359. The van der Waals surface area contributed by atoms with Crippen molar-refractivity contribution in [2.75, 3.05) is 0 Å². The van der Waals surface area contributed by atoms with Gasteiger partial charge in [-0.3, -0.25) is 53.6 Å². The van der Waals surface area contributed by atoms with Crippen molar-refractivity contribution < 1.29 is 45.9 Å². The Morgan fingerprint density at radius 3 is 1.38 bits per heavy atom. The van der Waals surface area contributed by atoms with Crippen LogP contribution in [-0.4, -0.2) is 113 Å². The molecular weight excluding hydrogens is 1660 g/mol. The lowest BCUT2D eigenvalue weighted by molar-refractivity contribution is 0.0754. The monoisotopic (exact) mass is 1740 g/mol. The van der Waals surface area contributed by atoms with Crippen LogP contribution in [0.5, 0.6) is 0 Å². The number of halogens is 6. The number of pyridine rings is 6. The van der Waals surface area contributed by atoms with E-state index in [2.05, 4.69) is 55.7 Å². The first-order chi connectivity index (χ1) is 62.7. The Bertz CT molecular complexity index is 7240. The molecule has 0 atom stereocenters. The molecule has 22 nitrogen and oxygen atoms in total. The number of amides is 5. The molecule has 0 radical (unpaired) electrons. The van der Waals surface area contributed by atoms with Crippen LogP contribution in [0.1, 0.15) is 114 Å². The summed E-state index contributed by atoms with van der Waals surface area (Å²) in [4.78, 5) is 98.8. The highest BCUT2D eigenvalue weighted by molar-refractivity contribution is 6.30. The van der Waals surface area contributed by atoms with Crippen LogP contribution in [0.25, 0.3) is 72.0 Å². The molecule has 28 heteroatoms. The van der Waals surface area contributed by atoms with Gasteiger partial charge >= 0.3 is 0 Å². The smallest absolute Gasteiger partial charge is 0.273 e. The summed E-state index contributed by atoms with van der Waals surface area (Å²) in [5.41, 5.74) is 19.6. The quantitative estimate of drug-likeness (QED) is 0.0686. The molecule has 0 N–H and O–H groups in total. The highest BCUT2D eigenvalue weighted by Crippen LogP contribution is 2.36. The molecule has 5 aliphatic rings. The van der Waals surface area contributed by atoms with Crippen molar-refractivity contribution in [3.63, 3.8) is 0 Å². The second-order valence-electron chi connectivity index (χ2n) is 31.6. The lowest BCUT2D eigenvalue weighted by Gasteiger charge is -2.16. The van der Waals surface area contributed by atoms with Crippen molar-refractivity contribution in [3.05, 3.63) is 417 Å². The predicted molar refractivity (Wildman–Crippen MR) is 476 cm³/mol. The van der Waals surface area contributed by atoms with Gasteiger partial charge in [0.25, 0.3) is 29.5 Å². The largest absolute Gasteiger partial charge is 0.351 e. The number of fused-ring (bicyclic) bond motifs is 7. The third-order valence-electron chi connectivity index (χ3n) is 23.1. The minimum Gasteiger partial charge on any atom is -0.351 e. The van der Waals surface area contributed by atoms with Gasteiger partial charge in [0.15, 0.2) is 0 Å². The average molecular weight is 1740 g/mol. The summed E-state index contributed by atoms with van der Waals surface area (Å²) in [7, 11) is 3.87. The number of aromatic nitrogens is 12. The molecule has 0 unspecified atom stereocenters. The van der Waals surface area contributed by atoms with Crippen molar-refractivity contribution in [1.29, 1.82) is 0 Å². The number of rotatable bonds is 15. The zero-order valence-electron chi connectivity index (χ0n) is 69.7. The molecule has 14 heterocycles. The van der Waals surface area contributed by atoms with Crippen LogP contribution in [0.2, 0.25) is 5.15 Å². The Labute approximate surface area is 741 Å². The Morgan fingerprint density at radius 2 is 0.845 bits per heavy atom. The Hall–Kier alpha value is -15.9. The van der Waals surface area contributed by atoms with E-state index in [9.17, 15) is 45.9 Å². The molecule has 0 fully saturated rings. The molecule has 17 aromatic rings. The maximum atomic E-state index is 14.9. The average Bonchev–Trinajstić information content (AvgIpc) is 1.79. The van der Waals surface area contributed by atoms with Crippen LogP contribution >= 0.6 is 11.6 Å². The van der Waals surface area contributed by atoms with Gasteiger partial charge in [0.2, 0.25) is 0 Å². The van der Waals surface area contributed by atoms with Gasteiger partial charge in [-0.15, -0.1) is 0 Å². The summed E-state index contributed by atoms with van der Waals surface area (Å²) in [5, 5.41) is 10.9. The third-order valence-corrected chi connectivity index (χ3v) is 23.5. The standard InChI is InChI=1S/C23H18FN3O.C22H17FN4O.C20H15ClFN3O.C19H14FN3O.C17H13FN4O/c1-26-10-8-17-11-15(6-7-22(17)26)16-4-5-18(20(24)12-16)13-27-14-21-19(23(27)28)3-2-9-25-21;1-26-13-18-17(5-2-6-20(18)25-26)14-7-8-15(19(23)10-14)11-27-12-16-4-3-9-24-21(16)22(27)28;1-12-7-16(9-24-19(12)21)13-4-5-14(17(22)8-13)10-25-11-15-3-2-6-23-18(15)20(25)26;20-17-9-13(14-3-1-7-21-10-14)5-6-15(17)11-23-12-16-4-2-8-22-18(16)19(23)24;18-16-7-14(22-11-19-10-20-22)6-5-13(16)9-21-8-12-3-1-2-4-15(12)17(21)23/h2-12H,13-14H2,1H3;2-10,13H,11-12H2,1H3;2-9H,10-11H2,1H3;1-10H,11-12H2;1-7,10-11H,8-9H2. The van der Waals surface area contributed by atoms with Crippen molar-refractivity contribution in [2.45, 2.75) is 72.4 Å². The molecule has 0 aliphatic carbocycles. The van der Waals surface area contributed by atoms with Crippen LogP contribution in [0, 0.1) is 36.0 Å². The van der Waals surface area contributed by atoms with Gasteiger partial charge in [0, 0.05) is 206 Å². The number of nitrogens with zero attached hydrogens (tertiary/aromatic N) is 17. The normalized spacial score (nSPS) is 13.3. The number of hydrogen-bond donors (Lipinski definition) is 0. The van der Waals surface area contributed by atoms with E-state index in [4.69, 9.17) is 11.6 Å². The van der Waals surface area contributed by atoms with E-state index in [1.165, 1.54) is 41.6 Å². The van der Waals surface area contributed by atoms with Crippen molar-refractivity contribution in [2.24, 2.45) is 14.1 Å². The Kier molecular flexibility index (Phi) is 23.7. The number of hydrogen-bond acceptors (Lipinski definition) is 14. The third kappa shape index (κ3) is 17.8. The molecule has 5 aliphatic heterocycles. The maximum Gasteiger partial charge on any atom is 0.273 e. The highest BCUT2D eigenvalue weighted by Gasteiger charge is 2.34. The predicted octanol–water partition coefficient (Wildman–Crippen LogP) is 18.9. The van der Waals surface area contributed by atoms with Gasteiger partial charge in [0.05, 0.1) is 29.0 Å². The molecule has 0 saturated carbocycles. The maximum absolute atomic E-state index is 14.9. The summed E-state index contributed by atoms with van der Waals surface area (Å²) in [5.74, 6) is -2.29. The first-order valence-electron chi connectivity index (χ1n) is 41.3. The fraction of sp³-hybridized carbons (Fsp3) is 0.129. The van der Waals surface area contributed by atoms with E-state index in [1.54, 1.807) is 139 Å². The summed E-state index contributed by atoms with van der Waals surface area (Å²) >= 11 is 5.94. The number of carbonyl (C=O) groups is 5. The van der Waals surface area contributed by atoms with Gasteiger partial charge in [-0.25, -0.2) is 36.6 Å². The van der Waals surface area contributed by atoms with Crippen molar-refractivity contribution in [1.82, 2.24) is 83.5 Å². The van der Waals surface area contributed by atoms with Crippen molar-refractivity contribution >= 4 is 62.9 Å². The van der Waals surface area contributed by atoms with E-state index in [0.29, 0.717) is 99.6 Å². The minimum absolute atomic E-state index is 0.0552. The van der Waals surface area contributed by atoms with Crippen molar-refractivity contribution in [3.8, 4) is 50.2 Å². The second-order valence-corrected chi connectivity index (χ2v) is 32.0. The lowest BCUT2D eigenvalue weighted by Crippen LogP contribution is -2.24. The first-order valence-corrected chi connectivity index (χ1v) is 41.6. The molecule has 129 heavy (non-hydrogen) atoms. The molecule has 8 aromatic carbocycles. The summed E-state index contributed by atoms with van der Waals surface area (Å²) in [6.45, 7) is 5.30. The number of benzene rings is 8. The molecule has 0 saturated heterocycles. The molecule has 638 valence electrons. The SMILES string of the molecule is Cc1cc(-c2ccc(CN3Cc4cccnc4C3=O)c(F)c2)cnc1Cl.Cn1cc2c(-c3ccc(CN4Cc5cccnc5C4=O)c(F)c3)cccc2n1.Cn1ccc2cc(-c3ccc(CN4Cc5ncccc5C4=O)c(F)c3)ccc21.O=C1c2ccccc2CN1Cc1ccc(-n2cncn2)cc1F.O=C1c2ncccc2CN1Cc1ccc(-c2cccnc2)cc1F. The van der Waals surface area contributed by atoms with E-state index < -0.39 is 0 Å². The summed E-state index contributed by atoms with van der Waals surface area (Å²) < 4.78 is 78.4. The van der Waals surface area contributed by atoms with Crippen LogP contribution < -0.4 is 0 Å². The topological polar surface area (TPSA) is 232 Å². The fourth-order valence-electron chi connectivity index (χ4n) is 16.4. The van der Waals surface area contributed by atoms with Gasteiger partial charge in [-0.1, -0.05) is 127 Å². The van der Waals surface area contributed by atoms with Gasteiger partial charge in [-0.2, -0.15) is 10.2 Å². The Balaban J connectivity index is 0.000000109. The van der Waals surface area contributed by atoms with Crippen LogP contribution in [-0.2, 0) is 79.5 Å². The van der Waals surface area contributed by atoms with Gasteiger partial charge in [0.1, 0.15) is 64.0 Å². The summed E-state index contributed by atoms with van der Waals surface area (Å²) in [6.07, 6.45) is 18.3. The number of carbonyl (C=O) groups excluding carboxylic acids is 5. The van der Waals surface area contributed by atoms with E-state index in [-0.39, 0.29) is 91.3 Å². The first kappa shape index (κ1) is 84.0. The van der Waals surface area contributed by atoms with E-state index >= 15 is 0 Å². The summed E-state index contributed by atoms with van der Waals surface area (Å²) in [6, 6.07) is 66.9. The number of aryl methyl sites for hydroxylation is 3. The molecule has 0 bridgehead atoms. The zero-order chi connectivity index (χ0) is 89.1. The van der Waals surface area contributed by atoms with Crippen LogP contribution in [0.15, 0.2) is 293 Å². The second kappa shape index (κ2) is 36.4. The lowest BCUT2D eigenvalue weighted by atomic mass is 10.00. The molecule has 22 rings (SSSR count). The molecule has 5 amide bonds. The van der Waals surface area contributed by atoms with Gasteiger partial charge in [-0.05, 0) is 161 Å². The molecule has 0 spiro atoms. The molecular formula is C101H77ClF5N17O5. The van der Waals surface area contributed by atoms with Crippen LogP contribution in [0.4, 0.5) is 22.0 Å².